The second-order valence-corrected chi connectivity index (χ2v) is 9.11. The summed E-state index contributed by atoms with van der Waals surface area (Å²) in [5.41, 5.74) is 1.29. The standard InChI is InChI=1S/C21H29N5S/c1-2-6-17(5-1)21-23-18(16-27-21)13-24-14-19(15-24)25-9-11-26(12-10-25)20-7-3-4-8-22-20/h3-4,7-8,16-17,19H,1-2,5-6,9-15H2. The van der Waals surface area contributed by atoms with Gasteiger partial charge in [0.2, 0.25) is 0 Å². The first kappa shape index (κ1) is 17.6. The van der Waals surface area contributed by atoms with Crippen molar-refractivity contribution in [1.82, 2.24) is 19.8 Å². The number of hydrogen-bond acceptors (Lipinski definition) is 6. The van der Waals surface area contributed by atoms with Crippen molar-refractivity contribution in [3.63, 3.8) is 0 Å². The fourth-order valence-electron chi connectivity index (χ4n) is 4.74. The first-order valence-electron chi connectivity index (χ1n) is 10.4. The summed E-state index contributed by atoms with van der Waals surface area (Å²) < 4.78 is 0. The molecule has 1 saturated carbocycles. The van der Waals surface area contributed by atoms with Gasteiger partial charge in [-0.3, -0.25) is 9.80 Å². The maximum Gasteiger partial charge on any atom is 0.128 e. The minimum absolute atomic E-state index is 0.726. The molecular weight excluding hydrogens is 354 g/mol. The van der Waals surface area contributed by atoms with E-state index in [1.807, 2.05) is 23.6 Å². The molecule has 6 heteroatoms. The van der Waals surface area contributed by atoms with Crippen molar-refractivity contribution in [2.24, 2.45) is 0 Å². The lowest BCUT2D eigenvalue weighted by atomic mass is 10.1. The average Bonchev–Trinajstić information content (AvgIpc) is 3.37. The highest BCUT2D eigenvalue weighted by Gasteiger charge is 2.34. The van der Waals surface area contributed by atoms with Crippen molar-refractivity contribution in [3.8, 4) is 0 Å². The summed E-state index contributed by atoms with van der Waals surface area (Å²) in [7, 11) is 0. The van der Waals surface area contributed by atoms with E-state index in [9.17, 15) is 0 Å². The van der Waals surface area contributed by atoms with Crippen molar-refractivity contribution >= 4 is 17.2 Å². The lowest BCUT2D eigenvalue weighted by Crippen LogP contribution is -2.62. The zero-order valence-corrected chi connectivity index (χ0v) is 16.8. The largest absolute Gasteiger partial charge is 0.354 e. The molecule has 5 rings (SSSR count). The molecule has 0 aromatic carbocycles. The van der Waals surface area contributed by atoms with Gasteiger partial charge in [0.05, 0.1) is 10.7 Å². The zero-order chi connectivity index (χ0) is 18.1. The Labute approximate surface area is 166 Å². The second-order valence-electron chi connectivity index (χ2n) is 8.22. The van der Waals surface area contributed by atoms with Gasteiger partial charge >= 0.3 is 0 Å². The summed E-state index contributed by atoms with van der Waals surface area (Å²) in [6, 6.07) is 6.91. The summed E-state index contributed by atoms with van der Waals surface area (Å²) in [6.45, 7) is 7.90. The van der Waals surface area contributed by atoms with Gasteiger partial charge in [-0.05, 0) is 25.0 Å². The Hall–Kier alpha value is -1.50. The van der Waals surface area contributed by atoms with Gasteiger partial charge in [0, 0.05) is 69.3 Å². The Morgan fingerprint density at radius 2 is 1.85 bits per heavy atom. The Kier molecular flexibility index (Phi) is 5.12. The van der Waals surface area contributed by atoms with Crippen LogP contribution < -0.4 is 4.90 Å². The molecule has 1 aliphatic carbocycles. The summed E-state index contributed by atoms with van der Waals surface area (Å²) in [5, 5.41) is 3.69. The molecule has 3 aliphatic rings. The number of hydrogen-bond donors (Lipinski definition) is 0. The molecule has 0 radical (unpaired) electrons. The third-order valence-corrected chi connectivity index (χ3v) is 7.46. The molecule has 2 saturated heterocycles. The SMILES string of the molecule is c1ccc(N2CCN(C3CN(Cc4csc(C5CCCC5)n4)C3)CC2)nc1. The normalized spacial score (nSPS) is 23.0. The van der Waals surface area contributed by atoms with E-state index < -0.39 is 0 Å². The van der Waals surface area contributed by atoms with Crippen molar-refractivity contribution in [1.29, 1.82) is 0 Å². The van der Waals surface area contributed by atoms with Crippen LogP contribution in [0.4, 0.5) is 5.82 Å². The van der Waals surface area contributed by atoms with Gasteiger partial charge in [-0.1, -0.05) is 18.9 Å². The predicted octanol–water partition coefficient (Wildman–Crippen LogP) is 3.20. The van der Waals surface area contributed by atoms with E-state index in [1.165, 1.54) is 49.5 Å². The van der Waals surface area contributed by atoms with Crippen LogP contribution >= 0.6 is 11.3 Å². The number of piperazine rings is 1. The third-order valence-electron chi connectivity index (χ3n) is 6.40. The number of nitrogens with zero attached hydrogens (tertiary/aromatic N) is 5. The molecule has 0 unspecified atom stereocenters. The van der Waals surface area contributed by atoms with Crippen LogP contribution in [-0.4, -0.2) is 65.1 Å². The van der Waals surface area contributed by atoms with Gasteiger partial charge in [-0.15, -0.1) is 11.3 Å². The molecule has 3 fully saturated rings. The molecule has 2 aromatic heterocycles. The van der Waals surface area contributed by atoms with Gasteiger partial charge in [0.15, 0.2) is 0 Å². The Morgan fingerprint density at radius 1 is 1.04 bits per heavy atom. The van der Waals surface area contributed by atoms with Crippen molar-refractivity contribution in [2.45, 2.75) is 44.2 Å². The van der Waals surface area contributed by atoms with Gasteiger partial charge in [0.25, 0.3) is 0 Å². The molecule has 0 spiro atoms. The number of rotatable bonds is 5. The zero-order valence-electron chi connectivity index (χ0n) is 16.0. The van der Waals surface area contributed by atoms with E-state index in [0.29, 0.717) is 0 Å². The highest BCUT2D eigenvalue weighted by atomic mass is 32.1. The maximum absolute atomic E-state index is 4.94. The Morgan fingerprint density at radius 3 is 2.59 bits per heavy atom. The van der Waals surface area contributed by atoms with Crippen LogP contribution in [0.25, 0.3) is 0 Å². The molecule has 2 aliphatic heterocycles. The number of thiazole rings is 1. The number of anilines is 1. The maximum atomic E-state index is 4.94. The van der Waals surface area contributed by atoms with Crippen molar-refractivity contribution < 1.29 is 0 Å². The van der Waals surface area contributed by atoms with E-state index in [4.69, 9.17) is 4.98 Å². The Balaban J connectivity index is 1.07. The van der Waals surface area contributed by atoms with Crippen LogP contribution in [-0.2, 0) is 6.54 Å². The lowest BCUT2D eigenvalue weighted by molar-refractivity contribution is 0.0249. The van der Waals surface area contributed by atoms with Gasteiger partial charge in [-0.25, -0.2) is 9.97 Å². The second kappa shape index (κ2) is 7.86. The Bertz CT molecular complexity index is 728. The molecule has 144 valence electrons. The lowest BCUT2D eigenvalue weighted by Gasteiger charge is -2.48. The fraction of sp³-hybridized carbons (Fsp3) is 0.619. The summed E-state index contributed by atoms with van der Waals surface area (Å²) in [5.74, 6) is 1.87. The molecule has 0 bridgehead atoms. The van der Waals surface area contributed by atoms with Crippen LogP contribution in [0.2, 0.25) is 0 Å². The first-order chi connectivity index (χ1) is 13.3. The topological polar surface area (TPSA) is 35.5 Å². The molecule has 4 heterocycles. The first-order valence-corrected chi connectivity index (χ1v) is 11.3. The summed E-state index contributed by atoms with van der Waals surface area (Å²) in [4.78, 5) is 17.1. The molecule has 0 amide bonds. The van der Waals surface area contributed by atoms with Gasteiger partial charge in [0.1, 0.15) is 5.82 Å². The molecule has 0 N–H and O–H groups in total. The van der Waals surface area contributed by atoms with Crippen LogP contribution in [0.5, 0.6) is 0 Å². The number of pyridine rings is 1. The number of likely N-dealkylation sites (tertiary alicyclic amines) is 1. The van der Waals surface area contributed by atoms with Crippen LogP contribution in [0.1, 0.15) is 42.3 Å². The molecule has 5 nitrogen and oxygen atoms in total. The minimum Gasteiger partial charge on any atom is -0.354 e. The predicted molar refractivity (Wildman–Crippen MR) is 110 cm³/mol. The van der Waals surface area contributed by atoms with Crippen LogP contribution in [0, 0.1) is 0 Å². The van der Waals surface area contributed by atoms with E-state index >= 15 is 0 Å². The van der Waals surface area contributed by atoms with Gasteiger partial charge < -0.3 is 4.90 Å². The molecule has 0 atom stereocenters. The number of aromatic nitrogens is 2. The fourth-order valence-corrected chi connectivity index (χ4v) is 5.73. The van der Waals surface area contributed by atoms with Crippen LogP contribution in [0.3, 0.4) is 0 Å². The van der Waals surface area contributed by atoms with Gasteiger partial charge in [-0.2, -0.15) is 0 Å². The molecular formula is C21H29N5S. The van der Waals surface area contributed by atoms with E-state index in [1.54, 1.807) is 0 Å². The van der Waals surface area contributed by atoms with E-state index in [2.05, 4.69) is 37.2 Å². The smallest absolute Gasteiger partial charge is 0.128 e. The van der Waals surface area contributed by atoms with Crippen LogP contribution in [0.15, 0.2) is 29.8 Å². The molecule has 2 aromatic rings. The average molecular weight is 384 g/mol. The van der Waals surface area contributed by atoms with Crippen molar-refractivity contribution in [3.05, 3.63) is 40.5 Å². The highest BCUT2D eigenvalue weighted by molar-refractivity contribution is 7.09. The van der Waals surface area contributed by atoms with E-state index in [0.717, 1.165) is 50.5 Å². The van der Waals surface area contributed by atoms with E-state index in [-0.39, 0.29) is 0 Å². The summed E-state index contributed by atoms with van der Waals surface area (Å²) in [6.07, 6.45) is 7.37. The summed E-state index contributed by atoms with van der Waals surface area (Å²) >= 11 is 1.89. The highest BCUT2D eigenvalue weighted by Crippen LogP contribution is 2.35. The third kappa shape index (κ3) is 3.89. The minimum atomic E-state index is 0.726. The molecule has 27 heavy (non-hydrogen) atoms. The monoisotopic (exact) mass is 383 g/mol. The quantitative estimate of drug-likeness (QED) is 0.792. The van der Waals surface area contributed by atoms with Crippen molar-refractivity contribution in [2.75, 3.05) is 44.2 Å².